The molecule has 3 aromatic rings. The molecule has 1 aromatic carbocycles. The Balaban J connectivity index is 1.62. The van der Waals surface area contributed by atoms with Gasteiger partial charge in [-0.2, -0.15) is 5.10 Å². The number of hydrogen-bond donors (Lipinski definition) is 2. The molecule has 0 bridgehead atoms. The monoisotopic (exact) mass is 357 g/mol. The van der Waals surface area contributed by atoms with E-state index < -0.39 is 5.91 Å². The van der Waals surface area contributed by atoms with Gasteiger partial charge < -0.3 is 15.4 Å². The van der Waals surface area contributed by atoms with E-state index >= 15 is 0 Å². The third-order valence-corrected chi connectivity index (χ3v) is 3.95. The fraction of sp³-hybridized carbons (Fsp3) is 0.125. The van der Waals surface area contributed by atoms with Gasteiger partial charge in [0.2, 0.25) is 5.91 Å². The normalized spacial score (nSPS) is 10.3. The van der Waals surface area contributed by atoms with Gasteiger partial charge in [-0.15, -0.1) is 11.3 Å². The highest BCUT2D eigenvalue weighted by molar-refractivity contribution is 7.13. The van der Waals surface area contributed by atoms with Gasteiger partial charge >= 0.3 is 0 Å². The van der Waals surface area contributed by atoms with Crippen LogP contribution >= 0.6 is 11.3 Å². The Kier molecular flexibility index (Phi) is 5.05. The summed E-state index contributed by atoms with van der Waals surface area (Å²) in [6.45, 7) is -0.155. The van der Waals surface area contributed by atoms with Crippen LogP contribution in [0.2, 0.25) is 0 Å². The molecule has 2 aromatic heterocycles. The predicted molar refractivity (Wildman–Crippen MR) is 93.2 cm³/mol. The molecule has 128 valence electrons. The number of hydrogen-bond acceptors (Lipinski definition) is 6. The molecule has 2 N–H and O–H groups in total. The van der Waals surface area contributed by atoms with Crippen molar-refractivity contribution in [3.05, 3.63) is 53.8 Å². The van der Waals surface area contributed by atoms with Crippen molar-refractivity contribution in [2.24, 2.45) is 0 Å². The van der Waals surface area contributed by atoms with E-state index in [0.29, 0.717) is 22.1 Å². The summed E-state index contributed by atoms with van der Waals surface area (Å²) in [5.41, 5.74) is 1.05. The second kappa shape index (κ2) is 7.58. The molecule has 25 heavy (non-hydrogen) atoms. The molecule has 0 saturated heterocycles. The van der Waals surface area contributed by atoms with E-state index in [1.54, 1.807) is 35.6 Å². The fourth-order valence-electron chi connectivity index (χ4n) is 2.10. The lowest BCUT2D eigenvalue weighted by atomic mass is 10.3. The molecule has 2 heterocycles. The highest BCUT2D eigenvalue weighted by Crippen LogP contribution is 2.21. The SMILES string of the molecule is COc1ccccc1-n1cc(C(=O)NCC(=O)Nc2nccs2)cn1. The molecular weight excluding hydrogens is 342 g/mol. The predicted octanol–water partition coefficient (Wildman–Crippen LogP) is 1.71. The molecule has 8 nitrogen and oxygen atoms in total. The van der Waals surface area contributed by atoms with E-state index in [1.807, 2.05) is 18.2 Å². The third kappa shape index (κ3) is 4.01. The van der Waals surface area contributed by atoms with E-state index in [-0.39, 0.29) is 12.5 Å². The molecule has 0 unspecified atom stereocenters. The third-order valence-electron chi connectivity index (χ3n) is 3.26. The summed E-state index contributed by atoms with van der Waals surface area (Å²) in [5.74, 6) is -0.101. The largest absolute Gasteiger partial charge is 0.494 e. The lowest BCUT2D eigenvalue weighted by molar-refractivity contribution is -0.115. The molecule has 0 atom stereocenters. The molecule has 9 heteroatoms. The lowest BCUT2D eigenvalue weighted by Gasteiger charge is -2.07. The van der Waals surface area contributed by atoms with Gasteiger partial charge in [-0.1, -0.05) is 12.1 Å². The first-order valence-corrected chi connectivity index (χ1v) is 8.21. The molecule has 0 aliphatic rings. The Hall–Kier alpha value is -3.20. The molecule has 0 aliphatic heterocycles. The van der Waals surface area contributed by atoms with Gasteiger partial charge in [-0.05, 0) is 12.1 Å². The molecular formula is C16H15N5O3S. The van der Waals surface area contributed by atoms with Crippen LogP contribution < -0.4 is 15.4 Å². The lowest BCUT2D eigenvalue weighted by Crippen LogP contribution is -2.32. The average molecular weight is 357 g/mol. The number of nitrogens with zero attached hydrogens (tertiary/aromatic N) is 3. The Morgan fingerprint density at radius 3 is 2.92 bits per heavy atom. The van der Waals surface area contributed by atoms with Crippen LogP contribution in [0.3, 0.4) is 0 Å². The Morgan fingerprint density at radius 2 is 2.16 bits per heavy atom. The Labute approximate surface area is 147 Å². The number of aromatic nitrogens is 3. The van der Waals surface area contributed by atoms with E-state index in [0.717, 1.165) is 0 Å². The fourth-order valence-corrected chi connectivity index (χ4v) is 2.65. The van der Waals surface area contributed by atoms with Crippen LogP contribution in [0, 0.1) is 0 Å². The van der Waals surface area contributed by atoms with Gasteiger partial charge in [-0.3, -0.25) is 9.59 Å². The summed E-state index contributed by atoms with van der Waals surface area (Å²) in [6, 6.07) is 7.33. The standard InChI is InChI=1S/C16H15N5O3S/c1-24-13-5-3-2-4-12(13)21-10-11(8-19-21)15(23)18-9-14(22)20-16-17-6-7-25-16/h2-8,10H,9H2,1H3,(H,18,23)(H,17,20,22). The number of carbonyl (C=O) groups excluding carboxylic acids is 2. The number of thiazole rings is 1. The van der Waals surface area contributed by atoms with Crippen LogP contribution in [0.5, 0.6) is 5.75 Å². The maximum absolute atomic E-state index is 12.2. The van der Waals surface area contributed by atoms with Crippen molar-refractivity contribution in [3.8, 4) is 11.4 Å². The van der Waals surface area contributed by atoms with Crippen LogP contribution in [0.1, 0.15) is 10.4 Å². The quantitative estimate of drug-likeness (QED) is 0.700. The van der Waals surface area contributed by atoms with E-state index in [9.17, 15) is 9.59 Å². The van der Waals surface area contributed by atoms with Gasteiger partial charge in [-0.25, -0.2) is 9.67 Å². The van der Waals surface area contributed by atoms with Crippen LogP contribution in [0.4, 0.5) is 5.13 Å². The molecule has 3 rings (SSSR count). The van der Waals surface area contributed by atoms with Crippen LogP contribution in [0.15, 0.2) is 48.2 Å². The summed E-state index contributed by atoms with van der Waals surface area (Å²) in [5, 5.41) is 11.5. The van der Waals surface area contributed by atoms with Crippen molar-refractivity contribution >= 4 is 28.3 Å². The smallest absolute Gasteiger partial charge is 0.254 e. The van der Waals surface area contributed by atoms with Crippen LogP contribution in [-0.2, 0) is 4.79 Å². The zero-order chi connectivity index (χ0) is 17.6. The summed E-state index contributed by atoms with van der Waals surface area (Å²) in [4.78, 5) is 27.9. The average Bonchev–Trinajstić information content (AvgIpc) is 3.31. The van der Waals surface area contributed by atoms with Gasteiger partial charge in [0.15, 0.2) is 5.13 Å². The zero-order valence-electron chi connectivity index (χ0n) is 13.3. The second-order valence-electron chi connectivity index (χ2n) is 4.91. The molecule has 2 amide bonds. The zero-order valence-corrected chi connectivity index (χ0v) is 14.1. The maximum atomic E-state index is 12.2. The first kappa shape index (κ1) is 16.7. The number of ether oxygens (including phenoxy) is 1. The van der Waals surface area contributed by atoms with Gasteiger partial charge in [0, 0.05) is 17.8 Å². The highest BCUT2D eigenvalue weighted by Gasteiger charge is 2.13. The van der Waals surface area contributed by atoms with E-state index in [2.05, 4.69) is 20.7 Å². The van der Waals surface area contributed by atoms with Crippen LogP contribution in [-0.4, -0.2) is 40.2 Å². The number of anilines is 1. The number of amides is 2. The second-order valence-corrected chi connectivity index (χ2v) is 5.81. The Bertz CT molecular complexity index is 876. The van der Waals surface area contributed by atoms with Gasteiger partial charge in [0.05, 0.1) is 25.4 Å². The van der Waals surface area contributed by atoms with E-state index in [4.69, 9.17) is 4.74 Å². The van der Waals surface area contributed by atoms with Crippen molar-refractivity contribution in [2.75, 3.05) is 19.0 Å². The van der Waals surface area contributed by atoms with Gasteiger partial charge in [0.25, 0.3) is 5.91 Å². The van der Waals surface area contributed by atoms with Crippen molar-refractivity contribution in [2.45, 2.75) is 0 Å². The summed E-state index contributed by atoms with van der Waals surface area (Å²) < 4.78 is 6.82. The number of nitrogens with one attached hydrogen (secondary N) is 2. The molecule has 0 aliphatic carbocycles. The maximum Gasteiger partial charge on any atom is 0.254 e. The number of carbonyl (C=O) groups is 2. The van der Waals surface area contributed by atoms with Crippen molar-refractivity contribution in [3.63, 3.8) is 0 Å². The first-order valence-electron chi connectivity index (χ1n) is 7.33. The highest BCUT2D eigenvalue weighted by atomic mass is 32.1. The van der Waals surface area contributed by atoms with E-state index in [1.165, 1.54) is 17.5 Å². The van der Waals surface area contributed by atoms with Crippen molar-refractivity contribution in [1.29, 1.82) is 0 Å². The van der Waals surface area contributed by atoms with Gasteiger partial charge in [0.1, 0.15) is 11.4 Å². The molecule has 0 fully saturated rings. The van der Waals surface area contributed by atoms with Crippen molar-refractivity contribution in [1.82, 2.24) is 20.1 Å². The molecule has 0 spiro atoms. The van der Waals surface area contributed by atoms with Crippen molar-refractivity contribution < 1.29 is 14.3 Å². The number of rotatable bonds is 6. The number of methoxy groups -OCH3 is 1. The molecule has 0 saturated carbocycles. The minimum Gasteiger partial charge on any atom is -0.494 e. The number of para-hydroxylation sites is 2. The summed E-state index contributed by atoms with van der Waals surface area (Å²) in [6.07, 6.45) is 4.59. The Morgan fingerprint density at radius 1 is 1.32 bits per heavy atom. The topological polar surface area (TPSA) is 98.1 Å². The summed E-state index contributed by atoms with van der Waals surface area (Å²) >= 11 is 1.31. The minimum atomic E-state index is -0.393. The van der Waals surface area contributed by atoms with Crippen LogP contribution in [0.25, 0.3) is 5.69 Å². The number of benzene rings is 1. The minimum absolute atomic E-state index is 0.155. The summed E-state index contributed by atoms with van der Waals surface area (Å²) in [7, 11) is 1.57. The first-order chi connectivity index (χ1) is 12.2. The molecule has 0 radical (unpaired) electrons.